The van der Waals surface area contributed by atoms with Gasteiger partial charge in [-0.1, -0.05) is 54.9 Å². The predicted molar refractivity (Wildman–Crippen MR) is 88.5 cm³/mol. The molecule has 0 saturated carbocycles. The lowest BCUT2D eigenvalue weighted by Gasteiger charge is -2.06. The van der Waals surface area contributed by atoms with Crippen molar-refractivity contribution in [2.24, 2.45) is 5.10 Å². The fourth-order valence-corrected chi connectivity index (χ4v) is 1.95. The second kappa shape index (κ2) is 8.20. The number of hydrazone groups is 1. The number of amides is 1. The first-order valence-electron chi connectivity index (χ1n) is 6.97. The molecule has 0 aliphatic rings. The van der Waals surface area contributed by atoms with E-state index in [2.05, 4.69) is 17.5 Å². The Kier molecular flexibility index (Phi) is 5.98. The molecule has 0 unspecified atom stereocenters. The molecule has 0 fully saturated rings. The van der Waals surface area contributed by atoms with Gasteiger partial charge in [0.15, 0.2) is 6.61 Å². The van der Waals surface area contributed by atoms with Crippen LogP contribution in [0.1, 0.15) is 18.1 Å². The van der Waals surface area contributed by atoms with Crippen LogP contribution in [-0.4, -0.2) is 18.7 Å². The van der Waals surface area contributed by atoms with Gasteiger partial charge in [0.25, 0.3) is 5.91 Å². The molecule has 0 aliphatic heterocycles. The number of halogens is 1. The second-order valence-electron chi connectivity index (χ2n) is 4.61. The van der Waals surface area contributed by atoms with E-state index in [1.54, 1.807) is 30.5 Å². The lowest BCUT2D eigenvalue weighted by molar-refractivity contribution is -0.123. The van der Waals surface area contributed by atoms with Crippen molar-refractivity contribution in [1.29, 1.82) is 0 Å². The van der Waals surface area contributed by atoms with E-state index in [1.807, 2.05) is 24.3 Å². The number of carbonyl (C=O) groups is 1. The highest BCUT2D eigenvalue weighted by molar-refractivity contribution is 6.32. The van der Waals surface area contributed by atoms with Crippen LogP contribution < -0.4 is 10.2 Å². The van der Waals surface area contributed by atoms with E-state index in [9.17, 15) is 4.79 Å². The van der Waals surface area contributed by atoms with Crippen molar-refractivity contribution in [2.45, 2.75) is 13.3 Å². The topological polar surface area (TPSA) is 50.7 Å². The maximum Gasteiger partial charge on any atom is 0.277 e. The van der Waals surface area contributed by atoms with E-state index in [4.69, 9.17) is 16.3 Å². The van der Waals surface area contributed by atoms with Crippen LogP contribution in [0.3, 0.4) is 0 Å². The lowest BCUT2D eigenvalue weighted by Crippen LogP contribution is -2.24. The minimum Gasteiger partial charge on any atom is -0.482 e. The quantitative estimate of drug-likeness (QED) is 0.655. The smallest absolute Gasteiger partial charge is 0.277 e. The number of ether oxygens (including phenoxy) is 1. The number of hydrogen-bond acceptors (Lipinski definition) is 3. The molecule has 0 atom stereocenters. The number of nitrogens with zero attached hydrogens (tertiary/aromatic N) is 1. The molecule has 0 aliphatic carbocycles. The standard InChI is InChI=1S/C17H17ClN2O2/c1-2-13-7-9-14(10-8-13)11-19-20-17(21)12-22-16-6-4-3-5-15(16)18/h3-11H,2,12H2,1H3,(H,20,21). The monoisotopic (exact) mass is 316 g/mol. The minimum atomic E-state index is -0.346. The normalized spacial score (nSPS) is 10.6. The third kappa shape index (κ3) is 4.90. The zero-order chi connectivity index (χ0) is 15.8. The Bertz CT molecular complexity index is 654. The maximum absolute atomic E-state index is 11.6. The molecule has 0 bridgehead atoms. The van der Waals surface area contributed by atoms with Crippen molar-refractivity contribution >= 4 is 23.7 Å². The predicted octanol–water partition coefficient (Wildman–Crippen LogP) is 3.43. The number of nitrogens with one attached hydrogen (secondary N) is 1. The molecule has 22 heavy (non-hydrogen) atoms. The Morgan fingerprint density at radius 1 is 1.23 bits per heavy atom. The van der Waals surface area contributed by atoms with Gasteiger partial charge in [0.05, 0.1) is 11.2 Å². The lowest BCUT2D eigenvalue weighted by atomic mass is 10.1. The third-order valence-corrected chi connectivity index (χ3v) is 3.30. The molecule has 2 aromatic rings. The number of aryl methyl sites for hydroxylation is 1. The van der Waals surface area contributed by atoms with E-state index >= 15 is 0 Å². The average molecular weight is 317 g/mol. The van der Waals surface area contributed by atoms with Gasteiger partial charge in [-0.05, 0) is 29.7 Å². The van der Waals surface area contributed by atoms with Gasteiger partial charge in [0.1, 0.15) is 5.75 Å². The highest BCUT2D eigenvalue weighted by Gasteiger charge is 2.04. The second-order valence-corrected chi connectivity index (χ2v) is 5.01. The fourth-order valence-electron chi connectivity index (χ4n) is 1.76. The Balaban J connectivity index is 1.79. The van der Waals surface area contributed by atoms with Crippen molar-refractivity contribution in [3.63, 3.8) is 0 Å². The maximum atomic E-state index is 11.6. The Labute approximate surface area is 134 Å². The zero-order valence-corrected chi connectivity index (χ0v) is 13.0. The summed E-state index contributed by atoms with van der Waals surface area (Å²) in [6, 6.07) is 15.0. The summed E-state index contributed by atoms with van der Waals surface area (Å²) in [5.41, 5.74) is 4.59. The molecule has 1 amide bonds. The molecule has 0 saturated heterocycles. The Morgan fingerprint density at radius 3 is 2.64 bits per heavy atom. The van der Waals surface area contributed by atoms with Gasteiger partial charge in [0, 0.05) is 0 Å². The van der Waals surface area contributed by atoms with Crippen molar-refractivity contribution in [3.05, 3.63) is 64.7 Å². The van der Waals surface area contributed by atoms with Gasteiger partial charge in [-0.15, -0.1) is 0 Å². The van der Waals surface area contributed by atoms with Crippen LogP contribution in [0, 0.1) is 0 Å². The van der Waals surface area contributed by atoms with Gasteiger partial charge in [-0.3, -0.25) is 4.79 Å². The van der Waals surface area contributed by atoms with Gasteiger partial charge < -0.3 is 4.74 Å². The molecule has 4 nitrogen and oxygen atoms in total. The molecule has 2 rings (SSSR count). The van der Waals surface area contributed by atoms with Crippen LogP contribution in [0.4, 0.5) is 0 Å². The van der Waals surface area contributed by atoms with E-state index in [-0.39, 0.29) is 12.5 Å². The van der Waals surface area contributed by atoms with Gasteiger partial charge in [-0.25, -0.2) is 5.43 Å². The van der Waals surface area contributed by atoms with Crippen LogP contribution in [0.5, 0.6) is 5.75 Å². The van der Waals surface area contributed by atoms with E-state index in [1.165, 1.54) is 5.56 Å². The van der Waals surface area contributed by atoms with E-state index < -0.39 is 0 Å². The summed E-state index contributed by atoms with van der Waals surface area (Å²) in [6.07, 6.45) is 2.58. The molecule has 0 radical (unpaired) electrons. The molecular weight excluding hydrogens is 300 g/mol. The summed E-state index contributed by atoms with van der Waals surface area (Å²) >= 11 is 5.93. The number of rotatable bonds is 6. The molecular formula is C17H17ClN2O2. The first-order chi connectivity index (χ1) is 10.7. The van der Waals surface area contributed by atoms with Crippen molar-refractivity contribution in [1.82, 2.24) is 5.43 Å². The SMILES string of the molecule is CCc1ccc(C=NNC(=O)COc2ccccc2Cl)cc1. The van der Waals surface area contributed by atoms with Gasteiger partial charge in [0.2, 0.25) is 0 Å². The summed E-state index contributed by atoms with van der Waals surface area (Å²) in [7, 11) is 0. The molecule has 0 heterocycles. The van der Waals surface area contributed by atoms with E-state index in [0.29, 0.717) is 10.8 Å². The Hall–Kier alpha value is -2.33. The molecule has 5 heteroatoms. The molecule has 114 valence electrons. The molecule has 0 spiro atoms. The zero-order valence-electron chi connectivity index (χ0n) is 12.3. The van der Waals surface area contributed by atoms with Crippen molar-refractivity contribution in [3.8, 4) is 5.75 Å². The molecule has 0 aromatic heterocycles. The largest absolute Gasteiger partial charge is 0.482 e. The van der Waals surface area contributed by atoms with Crippen LogP contribution in [0.25, 0.3) is 0 Å². The van der Waals surface area contributed by atoms with Crippen molar-refractivity contribution in [2.75, 3.05) is 6.61 Å². The minimum absolute atomic E-state index is 0.143. The Morgan fingerprint density at radius 2 is 1.95 bits per heavy atom. The number of benzene rings is 2. The summed E-state index contributed by atoms with van der Waals surface area (Å²) in [4.78, 5) is 11.6. The summed E-state index contributed by atoms with van der Waals surface area (Å²) < 4.78 is 5.31. The van der Waals surface area contributed by atoms with Crippen LogP contribution >= 0.6 is 11.6 Å². The van der Waals surface area contributed by atoms with Crippen molar-refractivity contribution < 1.29 is 9.53 Å². The summed E-state index contributed by atoms with van der Waals surface area (Å²) in [5, 5.41) is 4.36. The molecule has 1 N–H and O–H groups in total. The third-order valence-electron chi connectivity index (χ3n) is 2.99. The summed E-state index contributed by atoms with van der Waals surface area (Å²) in [6.45, 7) is 1.96. The fraction of sp³-hybridized carbons (Fsp3) is 0.176. The molecule has 2 aromatic carbocycles. The van der Waals surface area contributed by atoms with Crippen LogP contribution in [-0.2, 0) is 11.2 Å². The van der Waals surface area contributed by atoms with Crippen LogP contribution in [0.2, 0.25) is 5.02 Å². The van der Waals surface area contributed by atoms with Gasteiger partial charge in [-0.2, -0.15) is 5.10 Å². The first-order valence-corrected chi connectivity index (χ1v) is 7.35. The number of carbonyl (C=O) groups excluding carboxylic acids is 1. The van der Waals surface area contributed by atoms with E-state index in [0.717, 1.165) is 12.0 Å². The number of para-hydroxylation sites is 1. The summed E-state index contributed by atoms with van der Waals surface area (Å²) in [5.74, 6) is 0.125. The first kappa shape index (κ1) is 16.0. The highest BCUT2D eigenvalue weighted by Crippen LogP contribution is 2.22. The number of hydrogen-bond donors (Lipinski definition) is 1. The average Bonchev–Trinajstić information content (AvgIpc) is 2.55. The highest BCUT2D eigenvalue weighted by atomic mass is 35.5. The van der Waals surface area contributed by atoms with Crippen LogP contribution in [0.15, 0.2) is 53.6 Å². The van der Waals surface area contributed by atoms with Gasteiger partial charge >= 0.3 is 0 Å².